The van der Waals surface area contributed by atoms with E-state index in [1.165, 1.54) is 76.8 Å². The molecule has 42 heavy (non-hydrogen) atoms. The van der Waals surface area contributed by atoms with Crippen molar-refractivity contribution in [2.45, 2.75) is 0 Å². The van der Waals surface area contributed by atoms with Crippen LogP contribution in [0.25, 0.3) is 76.8 Å². The minimum atomic E-state index is 1.23. The molecule has 0 atom stereocenters. The van der Waals surface area contributed by atoms with Crippen molar-refractivity contribution in [2.75, 3.05) is 0 Å². The number of hydrogen-bond acceptors (Lipinski definition) is 0. The Bertz CT molecular complexity index is 2180. The summed E-state index contributed by atoms with van der Waals surface area (Å²) in [5.74, 6) is 0. The second-order valence-electron chi connectivity index (χ2n) is 10.9. The fourth-order valence-electron chi connectivity index (χ4n) is 6.52. The molecular formula is C42H28. The van der Waals surface area contributed by atoms with E-state index in [4.69, 9.17) is 0 Å². The topological polar surface area (TPSA) is 0 Å². The molecule has 0 spiro atoms. The molecule has 0 aliphatic carbocycles. The average molecular weight is 533 g/mol. The molecule has 0 fully saturated rings. The maximum absolute atomic E-state index is 2.36. The lowest BCUT2D eigenvalue weighted by molar-refractivity contribution is 1.60. The van der Waals surface area contributed by atoms with Crippen LogP contribution in [0.5, 0.6) is 0 Å². The Morgan fingerprint density at radius 2 is 0.738 bits per heavy atom. The van der Waals surface area contributed by atoms with E-state index in [0.29, 0.717) is 0 Å². The minimum Gasteiger partial charge on any atom is -0.0622 e. The van der Waals surface area contributed by atoms with Gasteiger partial charge in [0.1, 0.15) is 0 Å². The van der Waals surface area contributed by atoms with Gasteiger partial charge in [-0.05, 0) is 89.0 Å². The quantitative estimate of drug-likeness (QED) is 0.198. The zero-order chi connectivity index (χ0) is 27.9. The molecule has 0 heteroatoms. The van der Waals surface area contributed by atoms with Crippen molar-refractivity contribution >= 4 is 32.3 Å². The van der Waals surface area contributed by atoms with Crippen molar-refractivity contribution in [3.63, 3.8) is 0 Å². The van der Waals surface area contributed by atoms with Crippen LogP contribution < -0.4 is 0 Å². The molecule has 0 nitrogen and oxygen atoms in total. The fourth-order valence-corrected chi connectivity index (χ4v) is 6.52. The zero-order valence-corrected chi connectivity index (χ0v) is 23.2. The van der Waals surface area contributed by atoms with Crippen molar-refractivity contribution in [3.8, 4) is 44.5 Å². The van der Waals surface area contributed by atoms with Crippen molar-refractivity contribution < 1.29 is 0 Å². The van der Waals surface area contributed by atoms with Gasteiger partial charge >= 0.3 is 0 Å². The summed E-state index contributed by atoms with van der Waals surface area (Å²) in [5, 5.41) is 7.60. The van der Waals surface area contributed by atoms with Crippen LogP contribution in [-0.2, 0) is 0 Å². The number of rotatable bonds is 4. The van der Waals surface area contributed by atoms with E-state index < -0.39 is 0 Å². The van der Waals surface area contributed by atoms with Gasteiger partial charge in [0.25, 0.3) is 0 Å². The molecular weight excluding hydrogens is 504 g/mol. The van der Waals surface area contributed by atoms with E-state index >= 15 is 0 Å². The first-order valence-electron chi connectivity index (χ1n) is 14.5. The molecule has 0 saturated heterocycles. The molecule has 0 N–H and O–H groups in total. The predicted molar refractivity (Wildman–Crippen MR) is 181 cm³/mol. The van der Waals surface area contributed by atoms with Crippen LogP contribution in [-0.4, -0.2) is 0 Å². The molecule has 0 radical (unpaired) electrons. The summed E-state index contributed by atoms with van der Waals surface area (Å²) in [6.07, 6.45) is 0. The summed E-state index contributed by atoms with van der Waals surface area (Å²) < 4.78 is 0. The number of benzene rings is 8. The smallest absolute Gasteiger partial charge is 0.00201 e. The predicted octanol–water partition coefficient (Wildman–Crippen LogP) is 11.8. The second-order valence-corrected chi connectivity index (χ2v) is 10.9. The third-order valence-electron chi connectivity index (χ3n) is 8.45. The lowest BCUT2D eigenvalue weighted by Crippen LogP contribution is -1.93. The molecule has 0 heterocycles. The van der Waals surface area contributed by atoms with Crippen LogP contribution in [0.4, 0.5) is 0 Å². The molecule has 8 rings (SSSR count). The molecule has 0 amide bonds. The van der Waals surface area contributed by atoms with Crippen molar-refractivity contribution in [1.82, 2.24) is 0 Å². The van der Waals surface area contributed by atoms with Crippen LogP contribution in [0.15, 0.2) is 170 Å². The zero-order valence-electron chi connectivity index (χ0n) is 23.2. The summed E-state index contributed by atoms with van der Waals surface area (Å²) in [6.45, 7) is 0. The first kappa shape index (κ1) is 24.3. The Morgan fingerprint density at radius 3 is 1.45 bits per heavy atom. The van der Waals surface area contributed by atoms with Gasteiger partial charge in [-0.1, -0.05) is 158 Å². The van der Waals surface area contributed by atoms with Gasteiger partial charge in [0.05, 0.1) is 0 Å². The highest BCUT2D eigenvalue weighted by atomic mass is 14.2. The minimum absolute atomic E-state index is 1.23. The maximum Gasteiger partial charge on any atom is -0.00201 e. The Labute approximate surface area is 246 Å². The summed E-state index contributed by atoms with van der Waals surface area (Å²) >= 11 is 0. The molecule has 0 aliphatic heterocycles. The van der Waals surface area contributed by atoms with E-state index in [1.54, 1.807) is 0 Å². The molecule has 0 saturated carbocycles. The molecule has 0 unspecified atom stereocenters. The van der Waals surface area contributed by atoms with E-state index in [0.717, 1.165) is 0 Å². The molecule has 0 bridgehead atoms. The number of fused-ring (bicyclic) bond motifs is 3. The van der Waals surface area contributed by atoms with Gasteiger partial charge in [-0.25, -0.2) is 0 Å². The van der Waals surface area contributed by atoms with Crippen LogP contribution in [0, 0.1) is 0 Å². The first-order chi connectivity index (χ1) is 20.8. The summed E-state index contributed by atoms with van der Waals surface area (Å²) in [4.78, 5) is 0. The average Bonchev–Trinajstić information content (AvgIpc) is 3.07. The highest BCUT2D eigenvalue weighted by Gasteiger charge is 2.18. The Balaban J connectivity index is 1.40. The van der Waals surface area contributed by atoms with Crippen LogP contribution >= 0.6 is 0 Å². The lowest BCUT2D eigenvalue weighted by Gasteiger charge is -2.20. The largest absolute Gasteiger partial charge is 0.0622 e. The van der Waals surface area contributed by atoms with E-state index in [1.807, 2.05) is 0 Å². The van der Waals surface area contributed by atoms with Crippen molar-refractivity contribution in [3.05, 3.63) is 170 Å². The lowest BCUT2D eigenvalue weighted by atomic mass is 9.83. The van der Waals surface area contributed by atoms with Gasteiger partial charge in [0.2, 0.25) is 0 Å². The van der Waals surface area contributed by atoms with Gasteiger partial charge in [0.15, 0.2) is 0 Å². The van der Waals surface area contributed by atoms with Crippen LogP contribution in [0.1, 0.15) is 0 Å². The van der Waals surface area contributed by atoms with Gasteiger partial charge in [0, 0.05) is 0 Å². The number of hydrogen-bond donors (Lipinski definition) is 0. The SMILES string of the molecule is c1ccc(-c2ccccc2-c2c3ccccc3c(-c3cccc(-c4ccc5ccccc5c4)c3)c3ccccc23)cc1. The summed E-state index contributed by atoms with van der Waals surface area (Å²) in [7, 11) is 0. The molecule has 0 aromatic heterocycles. The molecule has 8 aromatic carbocycles. The first-order valence-corrected chi connectivity index (χ1v) is 14.5. The summed E-state index contributed by atoms with van der Waals surface area (Å²) in [6, 6.07) is 61.7. The van der Waals surface area contributed by atoms with E-state index in [2.05, 4.69) is 170 Å². The molecule has 8 aromatic rings. The third kappa shape index (κ3) is 4.08. The Morgan fingerprint density at radius 1 is 0.238 bits per heavy atom. The van der Waals surface area contributed by atoms with E-state index in [9.17, 15) is 0 Å². The van der Waals surface area contributed by atoms with Gasteiger partial charge in [-0.15, -0.1) is 0 Å². The molecule has 196 valence electrons. The Hall–Kier alpha value is -5.46. The van der Waals surface area contributed by atoms with E-state index in [-0.39, 0.29) is 0 Å². The van der Waals surface area contributed by atoms with Gasteiger partial charge in [-0.3, -0.25) is 0 Å². The van der Waals surface area contributed by atoms with Crippen LogP contribution in [0.2, 0.25) is 0 Å². The standard InChI is InChI=1S/C42H28/c1-2-14-30(15-3-1)35-19-6-7-20-36(35)42-39-23-10-8-21-37(39)41(38-22-9-11-24-40(38)42)34-18-12-17-32(28-34)33-26-25-29-13-4-5-16-31(29)27-33/h1-28H. The highest BCUT2D eigenvalue weighted by molar-refractivity contribution is 6.22. The van der Waals surface area contributed by atoms with Crippen molar-refractivity contribution in [2.24, 2.45) is 0 Å². The van der Waals surface area contributed by atoms with Gasteiger partial charge < -0.3 is 0 Å². The van der Waals surface area contributed by atoms with Crippen LogP contribution in [0.3, 0.4) is 0 Å². The maximum atomic E-state index is 2.36. The third-order valence-corrected chi connectivity index (χ3v) is 8.45. The normalized spacial score (nSPS) is 11.3. The fraction of sp³-hybridized carbons (Fsp3) is 0. The second kappa shape index (κ2) is 10.2. The van der Waals surface area contributed by atoms with Gasteiger partial charge in [-0.2, -0.15) is 0 Å². The summed E-state index contributed by atoms with van der Waals surface area (Å²) in [5.41, 5.74) is 10.00. The monoisotopic (exact) mass is 532 g/mol. The Kier molecular flexibility index (Phi) is 5.90. The van der Waals surface area contributed by atoms with Crippen molar-refractivity contribution in [1.29, 1.82) is 0 Å². The highest BCUT2D eigenvalue weighted by Crippen LogP contribution is 2.46. The molecule has 0 aliphatic rings.